The lowest BCUT2D eigenvalue weighted by atomic mass is 9.43. The molecule has 0 aromatic rings. The van der Waals surface area contributed by atoms with Gasteiger partial charge < -0.3 is 9.53 Å². The van der Waals surface area contributed by atoms with E-state index in [1.54, 1.807) is 0 Å². The number of esters is 1. The molecule has 0 aromatic heterocycles. The Hall–Kier alpha value is -1.78. The molecule has 6 aliphatic rings. The monoisotopic (exact) mass is 370 g/mol. The highest BCUT2D eigenvalue weighted by molar-refractivity contribution is 6.08. The first-order chi connectivity index (χ1) is 12.8. The zero-order valence-electron chi connectivity index (χ0n) is 15.9. The van der Waals surface area contributed by atoms with Crippen LogP contribution < -0.4 is 0 Å². The first-order valence-corrected chi connectivity index (χ1v) is 10.3. The summed E-state index contributed by atoms with van der Waals surface area (Å²) in [5, 5.41) is 0. The van der Waals surface area contributed by atoms with Crippen molar-refractivity contribution in [3.8, 4) is 0 Å². The number of carbonyl (C=O) groups is 4. The quantitative estimate of drug-likeness (QED) is 0.424. The van der Waals surface area contributed by atoms with E-state index in [9.17, 15) is 19.2 Å². The Morgan fingerprint density at radius 3 is 2.67 bits per heavy atom. The number of Topliss-reactive ketones (excluding diaryl/α,β-unsaturated/α-hetero) is 3. The number of rotatable bonds is 2. The molecule has 5 fully saturated rings. The van der Waals surface area contributed by atoms with Crippen LogP contribution in [0.2, 0.25) is 0 Å². The van der Waals surface area contributed by atoms with Crippen molar-refractivity contribution in [1.82, 2.24) is 0 Å². The second kappa shape index (κ2) is 5.62. The number of hydrogen-bond donors (Lipinski definition) is 0. The van der Waals surface area contributed by atoms with E-state index in [0.29, 0.717) is 0 Å². The van der Waals surface area contributed by atoms with Crippen molar-refractivity contribution in [3.05, 3.63) is 12.2 Å². The van der Waals surface area contributed by atoms with Crippen LogP contribution in [-0.2, 0) is 23.9 Å². The van der Waals surface area contributed by atoms with Crippen LogP contribution in [0.3, 0.4) is 0 Å². The Kier molecular flexibility index (Phi) is 3.60. The summed E-state index contributed by atoms with van der Waals surface area (Å²) in [6.45, 7) is 3.51. The van der Waals surface area contributed by atoms with Crippen molar-refractivity contribution in [1.29, 1.82) is 0 Å². The molecule has 4 aliphatic carbocycles. The normalized spacial score (nSPS) is 50.1. The molecule has 2 heterocycles. The lowest BCUT2D eigenvalue weighted by molar-refractivity contribution is -0.213. The van der Waals surface area contributed by atoms with Gasteiger partial charge in [0.05, 0.1) is 0 Å². The minimum Gasteiger partial charge on any atom is -0.461 e. The molecule has 6 rings (SSSR count). The highest BCUT2D eigenvalue weighted by Gasteiger charge is 2.70. The van der Waals surface area contributed by atoms with Crippen LogP contribution >= 0.6 is 0 Å². The van der Waals surface area contributed by atoms with E-state index < -0.39 is 11.4 Å². The predicted octanol–water partition coefficient (Wildman–Crippen LogP) is 2.52. The van der Waals surface area contributed by atoms with Crippen molar-refractivity contribution in [2.75, 3.05) is 0 Å². The molecule has 0 aromatic carbocycles. The zero-order chi connectivity index (χ0) is 19.1. The van der Waals surface area contributed by atoms with E-state index in [1.807, 2.05) is 6.92 Å². The molecule has 0 amide bonds. The van der Waals surface area contributed by atoms with Gasteiger partial charge in [0.1, 0.15) is 23.1 Å². The maximum atomic E-state index is 13.2. The van der Waals surface area contributed by atoms with Crippen LogP contribution in [0.1, 0.15) is 46.0 Å². The minimum atomic E-state index is -1.16. The zero-order valence-corrected chi connectivity index (χ0v) is 15.9. The van der Waals surface area contributed by atoms with E-state index in [1.165, 1.54) is 6.92 Å². The SMILES string of the molecule is CC(=O)C[C@H]1[C@H]2[C@H]3C[C@@H](C)C(=O)[C@@H]3C=C[C@H]2C[C@H]2CC3CC(=O)[C@]21C(=O)O3. The smallest absolute Gasteiger partial charge is 0.320 e. The first kappa shape index (κ1) is 17.3. The predicted molar refractivity (Wildman–Crippen MR) is 95.3 cm³/mol. The number of fused-ring (bicyclic) bond motifs is 5. The largest absolute Gasteiger partial charge is 0.461 e. The summed E-state index contributed by atoms with van der Waals surface area (Å²) in [4.78, 5) is 51.1. The summed E-state index contributed by atoms with van der Waals surface area (Å²) < 4.78 is 5.61. The number of carbonyl (C=O) groups excluding carboxylic acids is 4. The number of ether oxygens (including phenoxy) is 1. The minimum absolute atomic E-state index is 0.00125. The van der Waals surface area contributed by atoms with Gasteiger partial charge in [-0.05, 0) is 55.8 Å². The number of allylic oxidation sites excluding steroid dienone is 2. The van der Waals surface area contributed by atoms with Gasteiger partial charge in [0.15, 0.2) is 5.78 Å². The fourth-order valence-corrected chi connectivity index (χ4v) is 7.38. The van der Waals surface area contributed by atoms with Crippen LogP contribution in [-0.4, -0.2) is 29.4 Å². The van der Waals surface area contributed by atoms with Crippen molar-refractivity contribution >= 4 is 23.3 Å². The Morgan fingerprint density at radius 2 is 1.96 bits per heavy atom. The molecule has 27 heavy (non-hydrogen) atoms. The molecule has 3 saturated carbocycles. The molecule has 2 saturated heterocycles. The second-order valence-corrected chi connectivity index (χ2v) is 9.56. The summed E-state index contributed by atoms with van der Waals surface area (Å²) in [7, 11) is 0. The van der Waals surface area contributed by atoms with Gasteiger partial charge in [-0.3, -0.25) is 14.4 Å². The fourth-order valence-electron chi connectivity index (χ4n) is 7.38. The van der Waals surface area contributed by atoms with Crippen molar-refractivity contribution in [2.24, 2.45) is 46.8 Å². The second-order valence-electron chi connectivity index (χ2n) is 9.56. The summed E-state index contributed by atoms with van der Waals surface area (Å²) in [5.41, 5.74) is -1.16. The van der Waals surface area contributed by atoms with Gasteiger partial charge in [0.2, 0.25) is 0 Å². The summed E-state index contributed by atoms with van der Waals surface area (Å²) in [6.07, 6.45) is 6.75. The third kappa shape index (κ3) is 2.11. The van der Waals surface area contributed by atoms with E-state index in [0.717, 1.165) is 19.3 Å². The summed E-state index contributed by atoms with van der Waals surface area (Å²) in [5.74, 6) is -0.256. The third-order valence-electron chi connectivity index (χ3n) is 8.25. The highest BCUT2D eigenvalue weighted by Crippen LogP contribution is 2.64. The molecule has 9 atom stereocenters. The van der Waals surface area contributed by atoms with Crippen LogP contribution in [0.5, 0.6) is 0 Å². The fraction of sp³-hybridized carbons (Fsp3) is 0.727. The first-order valence-electron chi connectivity index (χ1n) is 10.3. The van der Waals surface area contributed by atoms with Crippen molar-refractivity contribution in [2.45, 2.75) is 52.1 Å². The molecule has 0 N–H and O–H groups in total. The third-order valence-corrected chi connectivity index (χ3v) is 8.25. The Balaban J connectivity index is 1.65. The topological polar surface area (TPSA) is 77.5 Å². The highest BCUT2D eigenvalue weighted by atomic mass is 16.5. The van der Waals surface area contributed by atoms with Gasteiger partial charge in [0.25, 0.3) is 0 Å². The molecule has 0 radical (unpaired) electrons. The van der Waals surface area contributed by atoms with Gasteiger partial charge >= 0.3 is 5.97 Å². The Bertz CT molecular complexity index is 762. The van der Waals surface area contributed by atoms with E-state index in [-0.39, 0.29) is 77.7 Å². The van der Waals surface area contributed by atoms with Gasteiger partial charge in [-0.15, -0.1) is 0 Å². The van der Waals surface area contributed by atoms with Crippen LogP contribution in [0.15, 0.2) is 12.2 Å². The van der Waals surface area contributed by atoms with E-state index in [4.69, 9.17) is 4.74 Å². The lowest BCUT2D eigenvalue weighted by Gasteiger charge is -2.60. The Morgan fingerprint density at radius 1 is 1.19 bits per heavy atom. The maximum absolute atomic E-state index is 13.2. The van der Waals surface area contributed by atoms with Crippen molar-refractivity contribution < 1.29 is 23.9 Å². The molecule has 2 aliphatic heterocycles. The average Bonchev–Trinajstić information content (AvgIpc) is 2.88. The molecule has 5 heteroatoms. The molecular weight excluding hydrogens is 344 g/mol. The van der Waals surface area contributed by atoms with Crippen LogP contribution in [0.4, 0.5) is 0 Å². The molecular formula is C22H26O5. The van der Waals surface area contributed by atoms with Crippen molar-refractivity contribution in [3.63, 3.8) is 0 Å². The van der Waals surface area contributed by atoms with Crippen LogP contribution in [0.25, 0.3) is 0 Å². The van der Waals surface area contributed by atoms with Gasteiger partial charge in [-0.1, -0.05) is 19.1 Å². The maximum Gasteiger partial charge on any atom is 0.320 e. The molecule has 144 valence electrons. The number of ketones is 3. The van der Waals surface area contributed by atoms with Gasteiger partial charge in [-0.25, -0.2) is 0 Å². The summed E-state index contributed by atoms with van der Waals surface area (Å²) >= 11 is 0. The van der Waals surface area contributed by atoms with E-state index >= 15 is 0 Å². The van der Waals surface area contributed by atoms with Gasteiger partial charge in [-0.2, -0.15) is 0 Å². The summed E-state index contributed by atoms with van der Waals surface area (Å²) in [6, 6.07) is 0. The lowest BCUT2D eigenvalue weighted by Crippen LogP contribution is -2.67. The molecule has 5 nitrogen and oxygen atoms in total. The Labute approximate surface area is 158 Å². The van der Waals surface area contributed by atoms with E-state index in [2.05, 4.69) is 12.2 Å². The molecule has 1 spiro atoms. The molecule has 1 unspecified atom stereocenters. The average molecular weight is 370 g/mol. The molecule has 2 bridgehead atoms. The standard InChI is InChI=1S/C22H26O5/c1-10-5-16-15(20(10)25)4-3-12-7-13-8-14-9-18(24)22(13,21(26)27-14)17(19(12)16)6-11(2)23/h3-4,10,12-17,19H,5-9H2,1-2H3/t10-,12+,13+,14?,15-,16+,17+,19-,22+/m1/s1. The van der Waals surface area contributed by atoms with Gasteiger partial charge in [0, 0.05) is 24.7 Å². The number of hydrogen-bond acceptors (Lipinski definition) is 5. The van der Waals surface area contributed by atoms with Crippen LogP contribution in [0, 0.1) is 46.8 Å².